The predicted molar refractivity (Wildman–Crippen MR) is 108 cm³/mol. The molecule has 0 bridgehead atoms. The first-order valence-corrected chi connectivity index (χ1v) is 9.55. The first-order valence-electron chi connectivity index (χ1n) is 9.55. The molecule has 0 spiro atoms. The van der Waals surface area contributed by atoms with Gasteiger partial charge in [0.1, 0.15) is 0 Å². The summed E-state index contributed by atoms with van der Waals surface area (Å²) in [6.07, 6.45) is 3.31. The van der Waals surface area contributed by atoms with Crippen LogP contribution < -0.4 is 10.2 Å². The van der Waals surface area contributed by atoms with Crippen LogP contribution in [0, 0.1) is 0 Å². The van der Waals surface area contributed by atoms with Gasteiger partial charge in [0, 0.05) is 12.1 Å². The molecular weight excluding hydrogens is 320 g/mol. The number of rotatable bonds is 5. The van der Waals surface area contributed by atoms with Gasteiger partial charge in [0.05, 0.1) is 13.1 Å². The Bertz CT molecular complexity index is 780. The molecule has 2 atom stereocenters. The molecule has 1 unspecified atom stereocenters. The third-order valence-electron chi connectivity index (χ3n) is 5.32. The number of amides is 1. The summed E-state index contributed by atoms with van der Waals surface area (Å²) in [4.78, 5) is 14.1. The van der Waals surface area contributed by atoms with Gasteiger partial charge in [-0.15, -0.1) is 0 Å². The number of quaternary nitrogens is 1. The number of benzene rings is 2. The quantitative estimate of drug-likeness (QED) is 0.851. The Morgan fingerprint density at radius 2 is 1.69 bits per heavy atom. The van der Waals surface area contributed by atoms with Crippen molar-refractivity contribution < 1.29 is 9.69 Å². The topological polar surface area (TPSA) is 33.5 Å². The zero-order chi connectivity index (χ0) is 18.5. The summed E-state index contributed by atoms with van der Waals surface area (Å²) in [6, 6.07) is 18.6. The zero-order valence-electron chi connectivity index (χ0n) is 16.0. The number of anilines is 1. The van der Waals surface area contributed by atoms with Crippen LogP contribution >= 0.6 is 0 Å². The molecule has 0 saturated carbocycles. The van der Waals surface area contributed by atoms with Crippen molar-refractivity contribution >= 4 is 17.2 Å². The van der Waals surface area contributed by atoms with Gasteiger partial charge in [0.25, 0.3) is 5.91 Å². The molecule has 2 aromatic rings. The van der Waals surface area contributed by atoms with E-state index in [9.17, 15) is 4.79 Å². The summed E-state index contributed by atoms with van der Waals surface area (Å²) in [6.45, 7) is 8.22. The maximum Gasteiger partial charge on any atom is 0.282 e. The number of hydrogen-bond donors (Lipinski definition) is 2. The fourth-order valence-electron chi connectivity index (χ4n) is 3.60. The van der Waals surface area contributed by atoms with Crippen LogP contribution in [0.3, 0.4) is 0 Å². The van der Waals surface area contributed by atoms with Crippen LogP contribution in [0.2, 0.25) is 0 Å². The van der Waals surface area contributed by atoms with Crippen molar-refractivity contribution in [1.29, 1.82) is 0 Å². The molecule has 1 aliphatic heterocycles. The summed E-state index contributed by atoms with van der Waals surface area (Å²) in [5.41, 5.74) is 4.82. The molecule has 0 aliphatic carbocycles. The maximum atomic E-state index is 12.8. The second-order valence-electron chi connectivity index (χ2n) is 7.41. The summed E-state index contributed by atoms with van der Waals surface area (Å²) < 4.78 is 0. The Hall–Kier alpha value is -2.39. The highest BCUT2D eigenvalue weighted by atomic mass is 16.2. The van der Waals surface area contributed by atoms with Gasteiger partial charge >= 0.3 is 0 Å². The maximum absolute atomic E-state index is 12.8. The minimum absolute atomic E-state index is 0.0659. The number of para-hydroxylation sites is 1. The molecule has 0 fully saturated rings. The van der Waals surface area contributed by atoms with E-state index < -0.39 is 0 Å². The van der Waals surface area contributed by atoms with Crippen molar-refractivity contribution in [2.75, 3.05) is 18.4 Å². The van der Waals surface area contributed by atoms with Crippen molar-refractivity contribution in [2.24, 2.45) is 0 Å². The van der Waals surface area contributed by atoms with Crippen molar-refractivity contribution in [3.63, 3.8) is 0 Å². The number of carbonyl (C=O) groups excluding carboxylic acids is 1. The minimum Gasteiger partial charge on any atom is -0.321 e. The largest absolute Gasteiger partial charge is 0.321 e. The van der Waals surface area contributed by atoms with E-state index in [1.54, 1.807) is 0 Å². The Morgan fingerprint density at radius 1 is 1.00 bits per heavy atom. The molecule has 0 radical (unpaired) electrons. The van der Waals surface area contributed by atoms with Crippen LogP contribution in [-0.2, 0) is 4.79 Å². The van der Waals surface area contributed by atoms with Gasteiger partial charge in [-0.05, 0) is 41.7 Å². The molecule has 1 heterocycles. The molecule has 26 heavy (non-hydrogen) atoms. The molecule has 3 rings (SSSR count). The Balaban J connectivity index is 1.64. The van der Waals surface area contributed by atoms with E-state index in [1.807, 2.05) is 31.2 Å². The third kappa shape index (κ3) is 4.23. The Labute approximate surface area is 156 Å². The van der Waals surface area contributed by atoms with Gasteiger partial charge in [0.15, 0.2) is 6.04 Å². The lowest BCUT2D eigenvalue weighted by molar-refractivity contribution is -0.909. The lowest BCUT2D eigenvalue weighted by Gasteiger charge is -2.28. The van der Waals surface area contributed by atoms with Gasteiger partial charge < -0.3 is 10.2 Å². The van der Waals surface area contributed by atoms with Crippen molar-refractivity contribution in [3.8, 4) is 0 Å². The van der Waals surface area contributed by atoms with Gasteiger partial charge in [-0.2, -0.15) is 0 Å². The second kappa shape index (κ2) is 8.33. The van der Waals surface area contributed by atoms with Crippen LogP contribution in [-0.4, -0.2) is 25.0 Å². The molecule has 2 aromatic carbocycles. The predicted octanol–water partition coefficient (Wildman–Crippen LogP) is 3.51. The van der Waals surface area contributed by atoms with E-state index in [4.69, 9.17) is 0 Å². The molecular formula is C23H29N2O+. The van der Waals surface area contributed by atoms with E-state index in [0.717, 1.165) is 25.2 Å². The van der Waals surface area contributed by atoms with Crippen LogP contribution in [0.25, 0.3) is 5.57 Å². The SMILES string of the molecule is CC(C)c1ccccc1NC(=O)[C@H](C)[NH+]1CC=C(c2ccccc2)CC1. The molecule has 3 nitrogen and oxygen atoms in total. The van der Waals surface area contributed by atoms with Gasteiger partial charge in [-0.3, -0.25) is 4.79 Å². The number of nitrogens with one attached hydrogen (secondary N) is 2. The Morgan fingerprint density at radius 3 is 2.35 bits per heavy atom. The highest BCUT2D eigenvalue weighted by Gasteiger charge is 2.27. The molecule has 0 aromatic heterocycles. The normalized spacial score (nSPS) is 18.3. The first kappa shape index (κ1) is 18.4. The second-order valence-corrected chi connectivity index (χ2v) is 7.41. The summed E-state index contributed by atoms with van der Waals surface area (Å²) in [5, 5.41) is 3.15. The van der Waals surface area contributed by atoms with Crippen LogP contribution in [0.15, 0.2) is 60.7 Å². The molecule has 3 heteroatoms. The van der Waals surface area contributed by atoms with E-state index >= 15 is 0 Å². The lowest BCUT2D eigenvalue weighted by Crippen LogP contribution is -3.17. The van der Waals surface area contributed by atoms with Crippen molar-refractivity contribution in [2.45, 2.75) is 39.2 Å². The van der Waals surface area contributed by atoms with E-state index in [0.29, 0.717) is 5.92 Å². The van der Waals surface area contributed by atoms with Crippen LogP contribution in [0.1, 0.15) is 44.2 Å². The molecule has 1 amide bonds. The third-order valence-corrected chi connectivity index (χ3v) is 5.32. The van der Waals surface area contributed by atoms with Crippen LogP contribution in [0.5, 0.6) is 0 Å². The molecule has 0 saturated heterocycles. The standard InChI is InChI=1S/C23H28N2O/c1-17(2)21-11-7-8-12-22(21)24-23(26)18(3)25-15-13-20(14-16-25)19-9-5-4-6-10-19/h4-13,17-18H,14-16H2,1-3H3,(H,24,26)/p+1/t18-/m0/s1. The van der Waals surface area contributed by atoms with E-state index in [1.165, 1.54) is 21.6 Å². The highest BCUT2D eigenvalue weighted by Crippen LogP contribution is 2.23. The van der Waals surface area contributed by atoms with E-state index in [2.05, 4.69) is 55.6 Å². The van der Waals surface area contributed by atoms with Gasteiger partial charge in [-0.1, -0.05) is 62.4 Å². The first-order chi connectivity index (χ1) is 12.6. The van der Waals surface area contributed by atoms with Gasteiger partial charge in [0.2, 0.25) is 0 Å². The average molecular weight is 349 g/mol. The monoisotopic (exact) mass is 349 g/mol. The number of carbonyl (C=O) groups is 1. The van der Waals surface area contributed by atoms with E-state index in [-0.39, 0.29) is 11.9 Å². The Kier molecular flexibility index (Phi) is 5.89. The molecule has 136 valence electrons. The van der Waals surface area contributed by atoms with Crippen molar-refractivity contribution in [3.05, 3.63) is 71.8 Å². The zero-order valence-corrected chi connectivity index (χ0v) is 16.0. The van der Waals surface area contributed by atoms with Crippen LogP contribution in [0.4, 0.5) is 5.69 Å². The number of hydrogen-bond acceptors (Lipinski definition) is 1. The smallest absolute Gasteiger partial charge is 0.282 e. The summed E-state index contributed by atoms with van der Waals surface area (Å²) in [5.74, 6) is 0.491. The highest BCUT2D eigenvalue weighted by molar-refractivity contribution is 5.94. The fourth-order valence-corrected chi connectivity index (χ4v) is 3.60. The molecule has 1 aliphatic rings. The average Bonchev–Trinajstić information content (AvgIpc) is 2.68. The van der Waals surface area contributed by atoms with Crippen molar-refractivity contribution in [1.82, 2.24) is 0 Å². The summed E-state index contributed by atoms with van der Waals surface area (Å²) >= 11 is 0. The summed E-state index contributed by atoms with van der Waals surface area (Å²) in [7, 11) is 0. The molecule has 2 N–H and O–H groups in total. The fraction of sp³-hybridized carbons (Fsp3) is 0.348. The van der Waals surface area contributed by atoms with Gasteiger partial charge in [-0.25, -0.2) is 0 Å². The lowest BCUT2D eigenvalue weighted by atomic mass is 9.98. The minimum atomic E-state index is -0.0659.